The van der Waals surface area contributed by atoms with Gasteiger partial charge in [-0.15, -0.1) is 0 Å². The zero-order valence-electron chi connectivity index (χ0n) is 19.0. The molecule has 0 aliphatic heterocycles. The summed E-state index contributed by atoms with van der Waals surface area (Å²) in [6.45, 7) is 4.06. The Hall–Kier alpha value is -4.35. The smallest absolute Gasteiger partial charge is 0.223 e. The van der Waals surface area contributed by atoms with E-state index in [0.717, 1.165) is 34.4 Å². The van der Waals surface area contributed by atoms with Crippen molar-refractivity contribution in [2.24, 2.45) is 0 Å². The molecule has 10 nitrogen and oxygen atoms in total. The minimum atomic E-state index is 0. The van der Waals surface area contributed by atoms with Crippen molar-refractivity contribution in [3.8, 4) is 23.3 Å². The Morgan fingerprint density at radius 2 is 0.714 bits per heavy atom. The van der Waals surface area contributed by atoms with Crippen LogP contribution in [0.1, 0.15) is 11.1 Å². The molecule has 0 spiro atoms. The molecule has 6 rings (SSSR count). The fraction of sp³-hybridized carbons (Fsp3) is 0.0833. The summed E-state index contributed by atoms with van der Waals surface area (Å²) in [5, 5.41) is 16.7. The quantitative estimate of drug-likeness (QED) is 0.361. The first-order chi connectivity index (χ1) is 16.7. The molecule has 0 saturated carbocycles. The molecule has 11 heteroatoms. The third-order valence-electron chi connectivity index (χ3n) is 4.84. The predicted octanol–water partition coefficient (Wildman–Crippen LogP) is 3.52. The van der Waals surface area contributed by atoms with Gasteiger partial charge in [-0.3, -0.25) is 0 Å². The second kappa shape index (κ2) is 10.7. The summed E-state index contributed by atoms with van der Waals surface area (Å²) >= 11 is 0. The maximum Gasteiger partial charge on any atom is 2.00 e. The molecule has 0 unspecified atom stereocenters. The normalized spacial score (nSPS) is 10.3. The van der Waals surface area contributed by atoms with Crippen molar-refractivity contribution >= 4 is 0 Å². The largest absolute Gasteiger partial charge is 2.00 e. The molecule has 6 aromatic rings. The molecular formula is C24H22CoN10+2. The Morgan fingerprint density at radius 3 is 0.914 bits per heavy atom. The fourth-order valence-corrected chi connectivity index (χ4v) is 3.35. The van der Waals surface area contributed by atoms with Crippen LogP contribution in [0.4, 0.5) is 0 Å². The number of rotatable bonds is 4. The van der Waals surface area contributed by atoms with Gasteiger partial charge in [0.05, 0.1) is 0 Å². The minimum absolute atomic E-state index is 0. The molecule has 0 aromatic carbocycles. The van der Waals surface area contributed by atoms with Crippen LogP contribution in [0.25, 0.3) is 23.3 Å². The average Bonchev–Trinajstić information content (AvgIpc) is 3.68. The number of aryl methyl sites for hydroxylation is 2. The van der Waals surface area contributed by atoms with Gasteiger partial charge in [0.2, 0.25) is 0 Å². The third-order valence-corrected chi connectivity index (χ3v) is 4.84. The first-order valence-electron chi connectivity index (χ1n) is 10.6. The van der Waals surface area contributed by atoms with Crippen LogP contribution in [0, 0.1) is 13.8 Å². The molecule has 0 bridgehead atoms. The van der Waals surface area contributed by atoms with E-state index in [4.69, 9.17) is 0 Å². The summed E-state index contributed by atoms with van der Waals surface area (Å²) in [4.78, 5) is 9.04. The van der Waals surface area contributed by atoms with E-state index in [1.165, 1.54) is 0 Å². The molecule has 0 aliphatic carbocycles. The Balaban J connectivity index is 0.000000160. The van der Waals surface area contributed by atoms with Crippen LogP contribution < -0.4 is 0 Å². The van der Waals surface area contributed by atoms with Crippen molar-refractivity contribution in [2.75, 3.05) is 0 Å². The van der Waals surface area contributed by atoms with Crippen molar-refractivity contribution in [3.63, 3.8) is 0 Å². The Kier molecular flexibility index (Phi) is 7.29. The molecule has 0 fully saturated rings. The van der Waals surface area contributed by atoms with Gasteiger partial charge in [-0.25, -0.2) is 28.7 Å². The number of hydrogen-bond donors (Lipinski definition) is 0. The summed E-state index contributed by atoms with van der Waals surface area (Å²) in [5.41, 5.74) is 2.24. The van der Waals surface area contributed by atoms with E-state index in [2.05, 4.69) is 30.4 Å². The maximum absolute atomic E-state index is 4.52. The molecule has 6 aromatic heterocycles. The molecule has 0 amide bonds. The van der Waals surface area contributed by atoms with E-state index in [0.29, 0.717) is 0 Å². The van der Waals surface area contributed by atoms with E-state index in [9.17, 15) is 0 Å². The van der Waals surface area contributed by atoms with Crippen LogP contribution in [0.2, 0.25) is 0 Å². The molecule has 1 radical (unpaired) electrons. The van der Waals surface area contributed by atoms with E-state index in [1.807, 2.05) is 87.2 Å². The van der Waals surface area contributed by atoms with Crippen LogP contribution in [0.3, 0.4) is 0 Å². The fourth-order valence-electron chi connectivity index (χ4n) is 3.35. The first-order valence-corrected chi connectivity index (χ1v) is 10.6. The summed E-state index contributed by atoms with van der Waals surface area (Å²) < 4.78 is 6.94. The second-order valence-electron chi connectivity index (χ2n) is 7.52. The van der Waals surface area contributed by atoms with E-state index in [1.54, 1.807) is 43.5 Å². The maximum atomic E-state index is 4.52. The Morgan fingerprint density at radius 1 is 0.457 bits per heavy atom. The average molecular weight is 509 g/mol. The SMILES string of the molecule is Cc1cc(-n2cccn2)nc(-n2cccn2)c1.Cc1cc(-n2cccn2)nc(-n2cccn2)c1.[Co+2]. The summed E-state index contributed by atoms with van der Waals surface area (Å²) in [6, 6.07) is 15.4. The molecule has 0 atom stereocenters. The van der Waals surface area contributed by atoms with Crippen LogP contribution in [0.5, 0.6) is 0 Å². The van der Waals surface area contributed by atoms with Gasteiger partial charge in [0, 0.05) is 49.6 Å². The topological polar surface area (TPSA) is 97.1 Å². The van der Waals surface area contributed by atoms with E-state index < -0.39 is 0 Å². The van der Waals surface area contributed by atoms with Gasteiger partial charge in [0.1, 0.15) is 0 Å². The van der Waals surface area contributed by atoms with E-state index in [-0.39, 0.29) is 16.8 Å². The van der Waals surface area contributed by atoms with Crippen molar-refractivity contribution in [1.29, 1.82) is 0 Å². The molecule has 6 heterocycles. The van der Waals surface area contributed by atoms with Crippen molar-refractivity contribution in [1.82, 2.24) is 49.1 Å². The Bertz CT molecular complexity index is 1240. The number of hydrogen-bond acceptors (Lipinski definition) is 6. The van der Waals surface area contributed by atoms with E-state index >= 15 is 0 Å². The van der Waals surface area contributed by atoms with Crippen LogP contribution in [-0.4, -0.2) is 49.1 Å². The second-order valence-corrected chi connectivity index (χ2v) is 7.52. The van der Waals surface area contributed by atoms with Gasteiger partial charge >= 0.3 is 16.8 Å². The van der Waals surface area contributed by atoms with Gasteiger partial charge in [-0.2, -0.15) is 20.4 Å². The van der Waals surface area contributed by atoms with Crippen molar-refractivity contribution < 1.29 is 16.8 Å². The van der Waals surface area contributed by atoms with Gasteiger partial charge in [0.15, 0.2) is 23.3 Å². The first kappa shape index (κ1) is 23.8. The van der Waals surface area contributed by atoms with Gasteiger partial charge in [-0.05, 0) is 73.5 Å². The zero-order chi connectivity index (χ0) is 23.3. The van der Waals surface area contributed by atoms with Gasteiger partial charge < -0.3 is 0 Å². The Labute approximate surface area is 212 Å². The molecule has 0 saturated heterocycles. The van der Waals surface area contributed by atoms with Crippen LogP contribution >= 0.6 is 0 Å². The monoisotopic (exact) mass is 509 g/mol. The zero-order valence-corrected chi connectivity index (χ0v) is 20.1. The van der Waals surface area contributed by atoms with Crippen molar-refractivity contribution in [3.05, 3.63) is 109 Å². The minimum Gasteiger partial charge on any atom is -0.223 e. The summed E-state index contributed by atoms with van der Waals surface area (Å²) in [6.07, 6.45) is 14.4. The van der Waals surface area contributed by atoms with Crippen LogP contribution in [-0.2, 0) is 16.8 Å². The molecule has 175 valence electrons. The number of aromatic nitrogens is 10. The van der Waals surface area contributed by atoms with Gasteiger partial charge in [0.25, 0.3) is 0 Å². The summed E-state index contributed by atoms with van der Waals surface area (Å²) in [7, 11) is 0. The third kappa shape index (κ3) is 5.59. The van der Waals surface area contributed by atoms with Crippen molar-refractivity contribution in [2.45, 2.75) is 13.8 Å². The number of nitrogens with zero attached hydrogens (tertiary/aromatic N) is 10. The number of pyridine rings is 2. The molecule has 0 aliphatic rings. The summed E-state index contributed by atoms with van der Waals surface area (Å²) in [5.74, 6) is 3.17. The predicted molar refractivity (Wildman–Crippen MR) is 126 cm³/mol. The standard InChI is InChI=1S/2C12H11N5.Co/c2*1-10-8-11(16-6-2-4-13-16)15-12(9-10)17-7-3-5-14-17;/h2*2-9H,1H3;/q;;+2. The van der Waals surface area contributed by atoms with Crippen LogP contribution in [0.15, 0.2) is 98.1 Å². The van der Waals surface area contributed by atoms with Gasteiger partial charge in [-0.1, -0.05) is 0 Å². The molecular weight excluding hydrogens is 487 g/mol. The molecule has 0 N–H and O–H groups in total. The molecule has 35 heavy (non-hydrogen) atoms.